The highest BCUT2D eigenvalue weighted by atomic mass is 16.6. The summed E-state index contributed by atoms with van der Waals surface area (Å²) in [6, 6.07) is 16.0. The maximum Gasteiger partial charge on any atom is 0.414 e. The van der Waals surface area contributed by atoms with Crippen LogP contribution in [0.2, 0.25) is 0 Å². The highest BCUT2D eigenvalue weighted by Crippen LogP contribution is 2.23. The van der Waals surface area contributed by atoms with E-state index in [1.165, 1.54) is 16.5 Å². The van der Waals surface area contributed by atoms with Crippen LogP contribution in [0.5, 0.6) is 5.75 Å². The third-order valence-corrected chi connectivity index (χ3v) is 4.87. The van der Waals surface area contributed by atoms with Gasteiger partial charge in [0.05, 0.1) is 0 Å². The second-order valence-corrected chi connectivity index (χ2v) is 8.57. The van der Waals surface area contributed by atoms with Crippen molar-refractivity contribution in [1.82, 2.24) is 0 Å². The van der Waals surface area contributed by atoms with Crippen LogP contribution in [0, 0.1) is 11.3 Å². The van der Waals surface area contributed by atoms with E-state index in [-0.39, 0.29) is 5.57 Å². The van der Waals surface area contributed by atoms with Crippen molar-refractivity contribution < 1.29 is 19.1 Å². The number of rotatable bonds is 6. The number of carbonyl (C=O) groups excluding carboxylic acids is 2. The first-order valence-electron chi connectivity index (χ1n) is 10.5. The summed E-state index contributed by atoms with van der Waals surface area (Å²) >= 11 is 0. The molecule has 168 valence electrons. The van der Waals surface area contributed by atoms with E-state index in [2.05, 4.69) is 13.8 Å². The van der Waals surface area contributed by atoms with Crippen LogP contribution in [0.4, 0.5) is 10.5 Å². The highest BCUT2D eigenvalue weighted by molar-refractivity contribution is 5.99. The summed E-state index contributed by atoms with van der Waals surface area (Å²) in [5.41, 5.74) is 1.71. The Morgan fingerprint density at radius 2 is 1.69 bits per heavy atom. The Morgan fingerprint density at radius 3 is 2.19 bits per heavy atom. The van der Waals surface area contributed by atoms with Crippen molar-refractivity contribution in [1.29, 1.82) is 5.26 Å². The number of benzene rings is 2. The lowest BCUT2D eigenvalue weighted by Gasteiger charge is -2.24. The molecule has 6 heteroatoms. The maximum absolute atomic E-state index is 12.4. The standard InChI is InChI=1S/C26H30N2O4/c1-7-18(2)20-10-14-23(15-11-20)31-24(29)21(17-27)16-19-8-12-22(13-9-19)28(6)25(30)32-26(3,4)5/h8-16,18H,7H2,1-6H3/b21-16+. The van der Waals surface area contributed by atoms with E-state index in [0.717, 1.165) is 6.42 Å². The Labute approximate surface area is 190 Å². The smallest absolute Gasteiger partial charge is 0.414 e. The molecule has 0 aliphatic rings. The van der Waals surface area contributed by atoms with Crippen molar-refractivity contribution in [3.05, 3.63) is 65.2 Å². The molecular formula is C26H30N2O4. The van der Waals surface area contributed by atoms with Crippen molar-refractivity contribution in [2.45, 2.75) is 52.6 Å². The number of hydrogen-bond acceptors (Lipinski definition) is 5. The lowest BCUT2D eigenvalue weighted by Crippen LogP contribution is -2.34. The fourth-order valence-electron chi connectivity index (χ4n) is 2.80. The quantitative estimate of drug-likeness (QED) is 0.238. The molecule has 2 rings (SSSR count). The van der Waals surface area contributed by atoms with Crippen molar-refractivity contribution >= 4 is 23.8 Å². The molecule has 0 heterocycles. The van der Waals surface area contributed by atoms with Crippen LogP contribution < -0.4 is 9.64 Å². The Bertz CT molecular complexity index is 1010. The number of nitrogens with zero attached hydrogens (tertiary/aromatic N) is 2. The van der Waals surface area contributed by atoms with Crippen LogP contribution in [0.25, 0.3) is 6.08 Å². The lowest BCUT2D eigenvalue weighted by atomic mass is 9.99. The number of esters is 1. The summed E-state index contributed by atoms with van der Waals surface area (Å²) in [6.07, 6.45) is 2.00. The van der Waals surface area contributed by atoms with Gasteiger partial charge in [0.1, 0.15) is 23.0 Å². The molecule has 0 aliphatic heterocycles. The molecule has 0 saturated carbocycles. The zero-order valence-electron chi connectivity index (χ0n) is 19.5. The number of anilines is 1. The van der Waals surface area contributed by atoms with Crippen molar-refractivity contribution in [2.75, 3.05) is 11.9 Å². The van der Waals surface area contributed by atoms with Crippen LogP contribution in [0.1, 0.15) is 58.1 Å². The third kappa shape index (κ3) is 6.98. The van der Waals surface area contributed by atoms with Gasteiger partial charge in [-0.2, -0.15) is 5.26 Å². The van der Waals surface area contributed by atoms with Gasteiger partial charge in [-0.3, -0.25) is 4.90 Å². The molecule has 0 aliphatic carbocycles. The summed E-state index contributed by atoms with van der Waals surface area (Å²) in [5, 5.41) is 9.42. The van der Waals surface area contributed by atoms with E-state index in [1.54, 1.807) is 64.2 Å². The predicted molar refractivity (Wildman–Crippen MR) is 125 cm³/mol. The first-order valence-corrected chi connectivity index (χ1v) is 10.5. The van der Waals surface area contributed by atoms with E-state index < -0.39 is 17.7 Å². The number of ether oxygens (including phenoxy) is 2. The first-order chi connectivity index (χ1) is 15.0. The Kier molecular flexibility index (Phi) is 8.20. The van der Waals surface area contributed by atoms with Gasteiger partial charge in [0.25, 0.3) is 0 Å². The second kappa shape index (κ2) is 10.6. The summed E-state index contributed by atoms with van der Waals surface area (Å²) < 4.78 is 10.7. The maximum atomic E-state index is 12.4. The first kappa shape index (κ1) is 24.7. The zero-order chi connectivity index (χ0) is 23.9. The Hall–Kier alpha value is -3.59. The molecule has 0 radical (unpaired) electrons. The van der Waals surface area contributed by atoms with Crippen LogP contribution >= 0.6 is 0 Å². The van der Waals surface area contributed by atoms with E-state index >= 15 is 0 Å². The summed E-state index contributed by atoms with van der Waals surface area (Å²) in [6.45, 7) is 9.65. The predicted octanol–water partition coefficient (Wildman–Crippen LogP) is 6.08. The lowest BCUT2D eigenvalue weighted by molar-refractivity contribution is -0.129. The van der Waals surface area contributed by atoms with E-state index in [0.29, 0.717) is 22.9 Å². The van der Waals surface area contributed by atoms with Gasteiger partial charge in [0, 0.05) is 12.7 Å². The Balaban J connectivity index is 2.10. The molecule has 32 heavy (non-hydrogen) atoms. The minimum Gasteiger partial charge on any atom is -0.443 e. The van der Waals surface area contributed by atoms with Crippen molar-refractivity contribution in [2.24, 2.45) is 0 Å². The molecular weight excluding hydrogens is 404 g/mol. The molecule has 0 saturated heterocycles. The second-order valence-electron chi connectivity index (χ2n) is 8.57. The average Bonchev–Trinajstić information content (AvgIpc) is 2.76. The molecule has 1 unspecified atom stereocenters. The highest BCUT2D eigenvalue weighted by Gasteiger charge is 2.20. The fraction of sp³-hybridized carbons (Fsp3) is 0.346. The van der Waals surface area contributed by atoms with Gasteiger partial charge in [0.2, 0.25) is 0 Å². The van der Waals surface area contributed by atoms with Gasteiger partial charge in [-0.05, 0) is 74.6 Å². The summed E-state index contributed by atoms with van der Waals surface area (Å²) in [7, 11) is 1.61. The molecule has 6 nitrogen and oxygen atoms in total. The minimum absolute atomic E-state index is 0.121. The zero-order valence-corrected chi connectivity index (χ0v) is 19.5. The van der Waals surface area contributed by atoms with Gasteiger partial charge < -0.3 is 9.47 Å². The van der Waals surface area contributed by atoms with Crippen LogP contribution in [0.15, 0.2) is 54.1 Å². The topological polar surface area (TPSA) is 79.6 Å². The molecule has 2 aromatic rings. The van der Waals surface area contributed by atoms with E-state index in [9.17, 15) is 14.9 Å². The number of carbonyl (C=O) groups is 2. The largest absolute Gasteiger partial charge is 0.443 e. The van der Waals surface area contributed by atoms with Crippen LogP contribution in [-0.2, 0) is 9.53 Å². The third-order valence-electron chi connectivity index (χ3n) is 4.87. The van der Waals surface area contributed by atoms with Crippen molar-refractivity contribution in [3.63, 3.8) is 0 Å². The molecule has 1 amide bonds. The summed E-state index contributed by atoms with van der Waals surface area (Å²) in [4.78, 5) is 26.0. The van der Waals surface area contributed by atoms with Gasteiger partial charge in [-0.15, -0.1) is 0 Å². The average molecular weight is 435 g/mol. The monoisotopic (exact) mass is 434 g/mol. The fourth-order valence-corrected chi connectivity index (χ4v) is 2.80. The number of hydrogen-bond donors (Lipinski definition) is 0. The van der Waals surface area contributed by atoms with Crippen molar-refractivity contribution in [3.8, 4) is 11.8 Å². The minimum atomic E-state index is -0.723. The van der Waals surface area contributed by atoms with Gasteiger partial charge in [-0.1, -0.05) is 38.1 Å². The number of nitriles is 1. The van der Waals surface area contributed by atoms with E-state index in [1.807, 2.05) is 18.2 Å². The van der Waals surface area contributed by atoms with Gasteiger partial charge in [-0.25, -0.2) is 9.59 Å². The van der Waals surface area contributed by atoms with Gasteiger partial charge >= 0.3 is 12.1 Å². The molecule has 0 fully saturated rings. The molecule has 0 N–H and O–H groups in total. The molecule has 1 atom stereocenters. The summed E-state index contributed by atoms with van der Waals surface area (Å²) in [5.74, 6) is 0.0860. The Morgan fingerprint density at radius 1 is 1.09 bits per heavy atom. The molecule has 0 spiro atoms. The van der Waals surface area contributed by atoms with E-state index in [4.69, 9.17) is 9.47 Å². The van der Waals surface area contributed by atoms with Crippen LogP contribution in [-0.4, -0.2) is 24.7 Å². The SMILES string of the molecule is CCC(C)c1ccc(OC(=O)/C(C#N)=C/c2ccc(N(C)C(=O)OC(C)(C)C)cc2)cc1. The normalized spacial score (nSPS) is 12.5. The molecule has 2 aromatic carbocycles. The van der Waals surface area contributed by atoms with Crippen LogP contribution in [0.3, 0.4) is 0 Å². The molecule has 0 bridgehead atoms. The van der Waals surface area contributed by atoms with Gasteiger partial charge in [0.15, 0.2) is 0 Å². The molecule has 0 aromatic heterocycles. The number of amides is 1.